The molecule has 0 aromatic carbocycles. The molecular weight excluding hydrogens is 228 g/mol. The summed E-state index contributed by atoms with van der Waals surface area (Å²) >= 11 is 0. The minimum Gasteiger partial charge on any atom is -0.350 e. The van der Waals surface area contributed by atoms with Crippen molar-refractivity contribution in [2.45, 2.75) is 46.1 Å². The lowest BCUT2D eigenvalue weighted by Crippen LogP contribution is -2.32. The summed E-state index contributed by atoms with van der Waals surface area (Å²) in [5.74, 6) is 0.565. The molecule has 0 radical (unpaired) electrons. The number of carbonyl (C=O) groups is 1. The van der Waals surface area contributed by atoms with Gasteiger partial charge >= 0.3 is 0 Å². The molecule has 18 heavy (non-hydrogen) atoms. The van der Waals surface area contributed by atoms with E-state index >= 15 is 0 Å². The summed E-state index contributed by atoms with van der Waals surface area (Å²) in [5.41, 5.74) is 0.293. The maximum Gasteiger partial charge on any atom is 0.252 e. The van der Waals surface area contributed by atoms with Crippen LogP contribution in [0.25, 0.3) is 0 Å². The van der Waals surface area contributed by atoms with Crippen LogP contribution in [-0.2, 0) is 0 Å². The van der Waals surface area contributed by atoms with Gasteiger partial charge in [0.25, 0.3) is 5.91 Å². The molecule has 0 bridgehead atoms. The summed E-state index contributed by atoms with van der Waals surface area (Å²) in [7, 11) is 0. The van der Waals surface area contributed by atoms with Crippen LogP contribution in [0.5, 0.6) is 0 Å². The van der Waals surface area contributed by atoms with Crippen molar-refractivity contribution in [3.8, 4) is 0 Å². The highest BCUT2D eigenvalue weighted by Crippen LogP contribution is 2.08. The van der Waals surface area contributed by atoms with Gasteiger partial charge in [-0.15, -0.1) is 0 Å². The molecular formula is C14H22N2O2. The number of aromatic amines is 1. The Kier molecular flexibility index (Phi) is 5.62. The van der Waals surface area contributed by atoms with Crippen molar-refractivity contribution in [2.24, 2.45) is 5.92 Å². The first-order valence-electron chi connectivity index (χ1n) is 6.48. The fourth-order valence-electron chi connectivity index (χ4n) is 1.76. The average molecular weight is 250 g/mol. The van der Waals surface area contributed by atoms with Gasteiger partial charge in [0.1, 0.15) is 0 Å². The smallest absolute Gasteiger partial charge is 0.252 e. The Bertz CT molecular complexity index is 417. The van der Waals surface area contributed by atoms with Crippen molar-refractivity contribution in [3.05, 3.63) is 34.2 Å². The van der Waals surface area contributed by atoms with Gasteiger partial charge in [0, 0.05) is 18.3 Å². The van der Waals surface area contributed by atoms with E-state index in [1.165, 1.54) is 24.8 Å². The zero-order valence-electron chi connectivity index (χ0n) is 11.3. The molecule has 1 amide bonds. The maximum atomic E-state index is 11.8. The van der Waals surface area contributed by atoms with E-state index in [0.29, 0.717) is 11.5 Å². The molecule has 2 N–H and O–H groups in total. The predicted octanol–water partition coefficient (Wildman–Crippen LogP) is 2.32. The third-order valence-corrected chi connectivity index (χ3v) is 2.84. The Balaban J connectivity index is 2.39. The first-order valence-corrected chi connectivity index (χ1v) is 6.48. The molecule has 100 valence electrons. The van der Waals surface area contributed by atoms with Gasteiger partial charge in [0.2, 0.25) is 5.56 Å². The lowest BCUT2D eigenvalue weighted by Gasteiger charge is -2.14. The van der Waals surface area contributed by atoms with Crippen LogP contribution in [0.2, 0.25) is 0 Å². The summed E-state index contributed by atoms with van der Waals surface area (Å²) < 4.78 is 0. The second kappa shape index (κ2) is 6.99. The summed E-state index contributed by atoms with van der Waals surface area (Å²) in [6, 6.07) is 3.05. The molecule has 1 atom stereocenters. The molecule has 0 fully saturated rings. The molecule has 1 rings (SSSR count). The Labute approximate surface area is 108 Å². The summed E-state index contributed by atoms with van der Waals surface area (Å²) in [4.78, 5) is 25.2. The monoisotopic (exact) mass is 250 g/mol. The van der Waals surface area contributed by atoms with Crippen molar-refractivity contribution < 1.29 is 4.79 Å². The molecule has 4 nitrogen and oxygen atoms in total. The molecule has 0 aliphatic heterocycles. The van der Waals surface area contributed by atoms with E-state index in [-0.39, 0.29) is 17.5 Å². The lowest BCUT2D eigenvalue weighted by atomic mass is 10.0. The third kappa shape index (κ3) is 5.17. The first kappa shape index (κ1) is 14.5. The molecule has 1 unspecified atom stereocenters. The maximum absolute atomic E-state index is 11.8. The van der Waals surface area contributed by atoms with Crippen LogP contribution >= 0.6 is 0 Å². The van der Waals surface area contributed by atoms with E-state index < -0.39 is 0 Å². The summed E-state index contributed by atoms with van der Waals surface area (Å²) in [6.45, 7) is 6.40. The number of aromatic nitrogens is 1. The van der Waals surface area contributed by atoms with Crippen LogP contribution < -0.4 is 10.9 Å². The van der Waals surface area contributed by atoms with Crippen LogP contribution in [0.3, 0.4) is 0 Å². The van der Waals surface area contributed by atoms with Crippen LogP contribution in [0.15, 0.2) is 23.1 Å². The number of nitrogens with one attached hydrogen (secondary N) is 2. The SMILES string of the molecule is CC(C)CCCC(C)NC(=O)c1ccc(=O)[nH]c1. The molecule has 0 saturated carbocycles. The molecule has 4 heteroatoms. The standard InChI is InChI=1S/C14H22N2O2/c1-10(2)5-4-6-11(3)16-14(18)12-7-8-13(17)15-9-12/h7-11H,4-6H2,1-3H3,(H,15,17)(H,16,18). The highest BCUT2D eigenvalue weighted by molar-refractivity contribution is 5.93. The molecule has 0 aliphatic rings. The van der Waals surface area contributed by atoms with Crippen molar-refractivity contribution in [2.75, 3.05) is 0 Å². The first-order chi connectivity index (χ1) is 8.49. The Morgan fingerprint density at radius 3 is 2.56 bits per heavy atom. The normalized spacial score (nSPS) is 12.4. The van der Waals surface area contributed by atoms with E-state index in [2.05, 4.69) is 24.1 Å². The van der Waals surface area contributed by atoms with Gasteiger partial charge in [0.05, 0.1) is 5.56 Å². The quantitative estimate of drug-likeness (QED) is 0.814. The average Bonchev–Trinajstić information content (AvgIpc) is 2.29. The fourth-order valence-corrected chi connectivity index (χ4v) is 1.76. The Hall–Kier alpha value is -1.58. The second-order valence-corrected chi connectivity index (χ2v) is 5.14. The molecule has 1 aromatic rings. The largest absolute Gasteiger partial charge is 0.350 e. The molecule has 1 aromatic heterocycles. The lowest BCUT2D eigenvalue weighted by molar-refractivity contribution is 0.0937. The van der Waals surface area contributed by atoms with Gasteiger partial charge in [0.15, 0.2) is 0 Å². The van der Waals surface area contributed by atoms with Crippen LogP contribution in [-0.4, -0.2) is 16.9 Å². The number of hydrogen-bond acceptors (Lipinski definition) is 2. The Morgan fingerprint density at radius 1 is 1.28 bits per heavy atom. The van der Waals surface area contributed by atoms with Gasteiger partial charge in [-0.1, -0.05) is 26.7 Å². The van der Waals surface area contributed by atoms with Crippen LogP contribution in [0.1, 0.15) is 50.4 Å². The van der Waals surface area contributed by atoms with Crippen LogP contribution in [0, 0.1) is 5.92 Å². The fraction of sp³-hybridized carbons (Fsp3) is 0.571. The van der Waals surface area contributed by atoms with Crippen molar-refractivity contribution >= 4 is 5.91 Å². The molecule has 1 heterocycles. The van der Waals surface area contributed by atoms with E-state index in [0.717, 1.165) is 12.8 Å². The highest BCUT2D eigenvalue weighted by Gasteiger charge is 2.09. The third-order valence-electron chi connectivity index (χ3n) is 2.84. The molecule has 0 saturated heterocycles. The zero-order valence-corrected chi connectivity index (χ0v) is 11.3. The van der Waals surface area contributed by atoms with E-state index in [1.54, 1.807) is 0 Å². The minimum atomic E-state index is -0.198. The topological polar surface area (TPSA) is 62.0 Å². The summed E-state index contributed by atoms with van der Waals surface area (Å²) in [5, 5.41) is 2.93. The van der Waals surface area contributed by atoms with E-state index in [9.17, 15) is 9.59 Å². The van der Waals surface area contributed by atoms with Gasteiger partial charge in [-0.3, -0.25) is 9.59 Å². The predicted molar refractivity (Wildman–Crippen MR) is 72.7 cm³/mol. The number of hydrogen-bond donors (Lipinski definition) is 2. The Morgan fingerprint density at radius 2 is 2.00 bits per heavy atom. The number of rotatable bonds is 6. The number of H-pyrrole nitrogens is 1. The summed E-state index contributed by atoms with van der Waals surface area (Å²) in [6.07, 6.45) is 4.72. The van der Waals surface area contributed by atoms with Gasteiger partial charge in [-0.25, -0.2) is 0 Å². The van der Waals surface area contributed by atoms with E-state index in [1.807, 2.05) is 6.92 Å². The van der Waals surface area contributed by atoms with Gasteiger partial charge < -0.3 is 10.3 Å². The molecule has 0 aliphatic carbocycles. The van der Waals surface area contributed by atoms with Crippen LogP contribution in [0.4, 0.5) is 0 Å². The minimum absolute atomic E-state index is 0.136. The molecule has 0 spiro atoms. The highest BCUT2D eigenvalue weighted by atomic mass is 16.1. The zero-order chi connectivity index (χ0) is 13.5. The van der Waals surface area contributed by atoms with Gasteiger partial charge in [-0.2, -0.15) is 0 Å². The second-order valence-electron chi connectivity index (χ2n) is 5.14. The van der Waals surface area contributed by atoms with Crippen molar-refractivity contribution in [3.63, 3.8) is 0 Å². The van der Waals surface area contributed by atoms with Gasteiger partial charge in [-0.05, 0) is 25.3 Å². The number of carbonyl (C=O) groups excluding carboxylic acids is 1. The van der Waals surface area contributed by atoms with Crippen molar-refractivity contribution in [1.82, 2.24) is 10.3 Å². The van der Waals surface area contributed by atoms with Crippen molar-refractivity contribution in [1.29, 1.82) is 0 Å². The number of amides is 1. The van der Waals surface area contributed by atoms with E-state index in [4.69, 9.17) is 0 Å². The number of pyridine rings is 1.